The van der Waals surface area contributed by atoms with Crippen molar-refractivity contribution in [1.82, 2.24) is 10.2 Å². The number of alkyl halides is 3. The Morgan fingerprint density at radius 3 is 2.12 bits per heavy atom. The van der Waals surface area contributed by atoms with Crippen LogP contribution >= 0.6 is 34.8 Å². The van der Waals surface area contributed by atoms with Crippen LogP contribution in [-0.2, 0) is 38.8 Å². The number of nitrogens with one attached hydrogen (secondary N) is 1. The second-order valence-corrected chi connectivity index (χ2v) is 12.8. The van der Waals surface area contributed by atoms with Crippen molar-refractivity contribution in [2.45, 2.75) is 38.5 Å². The van der Waals surface area contributed by atoms with Gasteiger partial charge in [0.25, 0.3) is 0 Å². The SMILES string of the molecule is CCCNC(=O)[C@H](Cc1ccccc1)N(Cc1c(Cl)cccc1Cl)C(=O)CN(c1ccc(Cl)c(C(F)(F)F)c1)S(C)(=O)=O. The molecule has 14 heteroatoms. The fourth-order valence-corrected chi connectivity index (χ4v) is 5.86. The third-order valence-electron chi connectivity index (χ3n) is 6.43. The van der Waals surface area contributed by atoms with Gasteiger partial charge in [0.05, 0.1) is 22.5 Å². The van der Waals surface area contributed by atoms with E-state index in [1.165, 1.54) is 0 Å². The minimum atomic E-state index is -4.88. The van der Waals surface area contributed by atoms with Crippen LogP contribution < -0.4 is 9.62 Å². The molecule has 1 N–H and O–H groups in total. The van der Waals surface area contributed by atoms with Crippen LogP contribution in [0.4, 0.5) is 18.9 Å². The number of halogens is 6. The minimum absolute atomic E-state index is 0.0439. The van der Waals surface area contributed by atoms with Crippen molar-refractivity contribution in [3.63, 3.8) is 0 Å². The lowest BCUT2D eigenvalue weighted by molar-refractivity contribution is -0.140. The van der Waals surface area contributed by atoms with Gasteiger partial charge in [-0.2, -0.15) is 13.2 Å². The summed E-state index contributed by atoms with van der Waals surface area (Å²) in [6.45, 7) is 0.941. The lowest BCUT2D eigenvalue weighted by atomic mass is 10.0. The van der Waals surface area contributed by atoms with Gasteiger partial charge in [-0.1, -0.05) is 78.1 Å². The molecule has 0 spiro atoms. The first-order chi connectivity index (χ1) is 20.1. The molecule has 43 heavy (non-hydrogen) atoms. The summed E-state index contributed by atoms with van der Waals surface area (Å²) in [7, 11) is -4.31. The number of benzene rings is 3. The van der Waals surface area contributed by atoms with E-state index in [0.29, 0.717) is 34.5 Å². The maximum absolute atomic E-state index is 14.1. The van der Waals surface area contributed by atoms with Crippen LogP contribution in [0.15, 0.2) is 66.7 Å². The van der Waals surface area contributed by atoms with Crippen LogP contribution in [0.25, 0.3) is 0 Å². The van der Waals surface area contributed by atoms with E-state index >= 15 is 0 Å². The van der Waals surface area contributed by atoms with Gasteiger partial charge in [-0.15, -0.1) is 0 Å². The number of hydrogen-bond donors (Lipinski definition) is 1. The van der Waals surface area contributed by atoms with Crippen LogP contribution in [-0.4, -0.2) is 50.5 Å². The molecule has 1 atom stereocenters. The predicted octanol–water partition coefficient (Wildman–Crippen LogP) is 6.60. The Balaban J connectivity index is 2.13. The van der Waals surface area contributed by atoms with Gasteiger partial charge < -0.3 is 10.2 Å². The van der Waals surface area contributed by atoms with E-state index in [-0.39, 0.29) is 23.0 Å². The molecule has 0 aliphatic rings. The fourth-order valence-electron chi connectivity index (χ4n) is 4.27. The first kappa shape index (κ1) is 34.5. The van der Waals surface area contributed by atoms with Gasteiger partial charge >= 0.3 is 6.18 Å². The zero-order chi connectivity index (χ0) is 31.9. The standard InChI is InChI=1S/C29H29Cl3F3N3O4S/c1-3-14-36-28(40)26(15-19-8-5-4-6-9-19)37(17-21-23(30)10-7-11-24(21)31)27(39)18-38(43(2,41)42)20-12-13-25(32)22(16-20)29(33,34)35/h4-13,16,26H,3,14-15,17-18H2,1-2H3,(H,36,40)/t26-/m0/s1. The number of hydrogen-bond acceptors (Lipinski definition) is 4. The molecule has 0 fully saturated rings. The monoisotopic (exact) mass is 677 g/mol. The summed E-state index contributed by atoms with van der Waals surface area (Å²) in [5, 5.41) is 2.54. The van der Waals surface area contributed by atoms with E-state index in [9.17, 15) is 31.2 Å². The third kappa shape index (κ3) is 9.25. The van der Waals surface area contributed by atoms with E-state index in [4.69, 9.17) is 34.8 Å². The summed E-state index contributed by atoms with van der Waals surface area (Å²) >= 11 is 18.6. The molecule has 0 heterocycles. The molecule has 0 unspecified atom stereocenters. The molecule has 0 aromatic heterocycles. The first-order valence-corrected chi connectivity index (χ1v) is 16.0. The van der Waals surface area contributed by atoms with E-state index in [1.54, 1.807) is 48.5 Å². The van der Waals surface area contributed by atoms with Crippen LogP contribution in [0.5, 0.6) is 0 Å². The molecule has 0 saturated heterocycles. The summed E-state index contributed by atoms with van der Waals surface area (Å²) < 4.78 is 67.1. The van der Waals surface area contributed by atoms with Crippen molar-refractivity contribution in [3.05, 3.63) is 98.5 Å². The Hall–Kier alpha value is -2.99. The average molecular weight is 679 g/mol. The lowest BCUT2D eigenvalue weighted by Gasteiger charge is -2.34. The maximum Gasteiger partial charge on any atom is 0.417 e. The zero-order valence-corrected chi connectivity index (χ0v) is 26.3. The molecule has 3 rings (SSSR count). The van der Waals surface area contributed by atoms with Crippen LogP contribution in [0.2, 0.25) is 15.1 Å². The quantitative estimate of drug-likeness (QED) is 0.234. The van der Waals surface area contributed by atoms with Crippen LogP contribution in [0.1, 0.15) is 30.0 Å². The summed E-state index contributed by atoms with van der Waals surface area (Å²) in [5.74, 6) is -1.39. The second-order valence-electron chi connectivity index (χ2n) is 9.65. The Kier molecular flexibility index (Phi) is 11.8. The highest BCUT2D eigenvalue weighted by molar-refractivity contribution is 7.92. The molecular weight excluding hydrogens is 650 g/mol. The summed E-state index contributed by atoms with van der Waals surface area (Å²) in [6, 6.07) is 14.9. The molecule has 2 amide bonds. The highest BCUT2D eigenvalue weighted by atomic mass is 35.5. The largest absolute Gasteiger partial charge is 0.417 e. The van der Waals surface area contributed by atoms with Crippen molar-refractivity contribution in [2.75, 3.05) is 23.7 Å². The third-order valence-corrected chi connectivity index (χ3v) is 8.61. The van der Waals surface area contributed by atoms with Crippen molar-refractivity contribution in [3.8, 4) is 0 Å². The van der Waals surface area contributed by atoms with Gasteiger partial charge in [-0.05, 0) is 42.3 Å². The fraction of sp³-hybridized carbons (Fsp3) is 0.310. The summed E-state index contributed by atoms with van der Waals surface area (Å²) in [5.41, 5.74) is -0.696. The smallest absolute Gasteiger partial charge is 0.354 e. The first-order valence-electron chi connectivity index (χ1n) is 13.0. The highest BCUT2D eigenvalue weighted by Gasteiger charge is 2.36. The molecule has 232 valence electrons. The van der Waals surface area contributed by atoms with Crippen molar-refractivity contribution >= 4 is 62.3 Å². The number of anilines is 1. The number of amides is 2. The highest BCUT2D eigenvalue weighted by Crippen LogP contribution is 2.37. The molecular formula is C29H29Cl3F3N3O4S. The molecule has 0 aliphatic heterocycles. The van der Waals surface area contributed by atoms with Gasteiger partial charge in [-0.25, -0.2) is 8.42 Å². The van der Waals surface area contributed by atoms with Crippen molar-refractivity contribution in [1.29, 1.82) is 0 Å². The number of carbonyl (C=O) groups is 2. The Morgan fingerprint density at radius 2 is 1.56 bits per heavy atom. The minimum Gasteiger partial charge on any atom is -0.354 e. The number of nitrogens with zero attached hydrogens (tertiary/aromatic N) is 2. The number of rotatable bonds is 12. The topological polar surface area (TPSA) is 86.8 Å². The summed E-state index contributed by atoms with van der Waals surface area (Å²) in [6.07, 6.45) is -3.48. The van der Waals surface area contributed by atoms with Gasteiger partial charge in [0.1, 0.15) is 12.6 Å². The molecule has 3 aromatic rings. The second kappa shape index (κ2) is 14.7. The molecule has 7 nitrogen and oxygen atoms in total. The Bertz CT molecular complexity index is 1540. The van der Waals surface area contributed by atoms with Gasteiger partial charge in [0, 0.05) is 35.1 Å². The lowest BCUT2D eigenvalue weighted by Crippen LogP contribution is -2.53. The Labute approximate surface area is 263 Å². The number of sulfonamides is 1. The van der Waals surface area contributed by atoms with Crippen LogP contribution in [0.3, 0.4) is 0 Å². The molecule has 0 radical (unpaired) electrons. The van der Waals surface area contributed by atoms with Crippen molar-refractivity contribution in [2.24, 2.45) is 0 Å². The molecule has 3 aromatic carbocycles. The van der Waals surface area contributed by atoms with E-state index in [2.05, 4.69) is 5.32 Å². The van der Waals surface area contributed by atoms with E-state index in [1.807, 2.05) is 6.92 Å². The van der Waals surface area contributed by atoms with E-state index in [0.717, 1.165) is 23.3 Å². The van der Waals surface area contributed by atoms with Crippen LogP contribution in [0, 0.1) is 0 Å². The Morgan fingerprint density at radius 1 is 0.930 bits per heavy atom. The van der Waals surface area contributed by atoms with Gasteiger partial charge in [-0.3, -0.25) is 13.9 Å². The molecule has 0 bridgehead atoms. The summed E-state index contributed by atoms with van der Waals surface area (Å²) in [4.78, 5) is 28.7. The normalized spacial score (nSPS) is 12.5. The zero-order valence-electron chi connectivity index (χ0n) is 23.2. The molecule has 0 aliphatic carbocycles. The predicted molar refractivity (Wildman–Crippen MR) is 163 cm³/mol. The number of carbonyl (C=O) groups excluding carboxylic acids is 2. The van der Waals surface area contributed by atoms with E-state index < -0.39 is 56.9 Å². The average Bonchev–Trinajstić information content (AvgIpc) is 2.93. The van der Waals surface area contributed by atoms with Gasteiger partial charge in [0.2, 0.25) is 21.8 Å². The molecule has 0 saturated carbocycles. The van der Waals surface area contributed by atoms with Crippen molar-refractivity contribution < 1.29 is 31.2 Å². The van der Waals surface area contributed by atoms with Gasteiger partial charge in [0.15, 0.2) is 0 Å². The maximum atomic E-state index is 14.1.